The van der Waals surface area contributed by atoms with Crippen LogP contribution in [0.1, 0.15) is 19.4 Å². The molecule has 0 saturated heterocycles. The van der Waals surface area contributed by atoms with E-state index in [2.05, 4.69) is 11.9 Å². The van der Waals surface area contributed by atoms with Crippen molar-refractivity contribution >= 4 is 11.4 Å². The predicted molar refractivity (Wildman–Crippen MR) is 65.5 cm³/mol. The molecule has 1 aromatic carbocycles. The Hall–Kier alpha value is -1.70. The van der Waals surface area contributed by atoms with Crippen LogP contribution in [-0.2, 0) is 4.74 Å². The Morgan fingerprint density at radius 2 is 2.07 bits per heavy atom. The Labute approximate surface area is 91.3 Å². The van der Waals surface area contributed by atoms with Crippen LogP contribution in [0.15, 0.2) is 42.6 Å². The molecule has 0 unspecified atom stereocenters. The molecule has 0 radical (unpaired) electrons. The van der Waals surface area contributed by atoms with Crippen molar-refractivity contribution in [2.75, 3.05) is 12.4 Å². The zero-order valence-corrected chi connectivity index (χ0v) is 9.50. The summed E-state index contributed by atoms with van der Waals surface area (Å²) in [4.78, 5) is 0. The van der Waals surface area contributed by atoms with Gasteiger partial charge >= 0.3 is 0 Å². The molecule has 15 heavy (non-hydrogen) atoms. The summed E-state index contributed by atoms with van der Waals surface area (Å²) in [6.07, 6.45) is 2.02. The predicted octanol–water partition coefficient (Wildman–Crippen LogP) is 3.64. The van der Waals surface area contributed by atoms with Crippen LogP contribution in [0.3, 0.4) is 0 Å². The molecule has 0 amide bonds. The maximum Gasteiger partial charge on any atom is 0.121 e. The Bertz CT molecular complexity index is 380. The molecule has 2 nitrogen and oxygen atoms in total. The highest BCUT2D eigenvalue weighted by Gasteiger charge is 2.04. The molecule has 0 bridgehead atoms. The fourth-order valence-corrected chi connectivity index (χ4v) is 1.23. The van der Waals surface area contributed by atoms with E-state index in [9.17, 15) is 0 Å². The van der Waals surface area contributed by atoms with Crippen molar-refractivity contribution in [1.29, 1.82) is 0 Å². The third-order valence-electron chi connectivity index (χ3n) is 2.24. The standard InChI is InChI=1S/C13H17NO/c1-5-10(2)14-13-9-7-6-8-12(13)11(3)15-4/h5-9,14H,3H2,1-2,4H3/b10-5+. The van der Waals surface area contributed by atoms with Gasteiger partial charge in [-0.05, 0) is 26.0 Å². The number of nitrogens with one attached hydrogen (secondary N) is 1. The Morgan fingerprint density at radius 1 is 1.40 bits per heavy atom. The van der Waals surface area contributed by atoms with Gasteiger partial charge in [-0.25, -0.2) is 0 Å². The van der Waals surface area contributed by atoms with Crippen LogP contribution in [0.4, 0.5) is 5.69 Å². The van der Waals surface area contributed by atoms with Crippen LogP contribution in [-0.4, -0.2) is 7.11 Å². The van der Waals surface area contributed by atoms with E-state index in [0.717, 1.165) is 16.9 Å². The summed E-state index contributed by atoms with van der Waals surface area (Å²) in [5.41, 5.74) is 3.10. The zero-order valence-electron chi connectivity index (χ0n) is 9.50. The van der Waals surface area contributed by atoms with Gasteiger partial charge in [0.1, 0.15) is 5.76 Å². The van der Waals surface area contributed by atoms with E-state index in [1.165, 1.54) is 0 Å². The highest BCUT2D eigenvalue weighted by molar-refractivity contribution is 5.72. The normalized spacial score (nSPS) is 11.0. The van der Waals surface area contributed by atoms with E-state index >= 15 is 0 Å². The van der Waals surface area contributed by atoms with Crippen molar-refractivity contribution in [2.24, 2.45) is 0 Å². The van der Waals surface area contributed by atoms with Gasteiger partial charge in [0, 0.05) is 16.9 Å². The van der Waals surface area contributed by atoms with Gasteiger partial charge in [0.25, 0.3) is 0 Å². The van der Waals surface area contributed by atoms with Crippen molar-refractivity contribution in [2.45, 2.75) is 13.8 Å². The molecule has 0 aromatic heterocycles. The number of ether oxygens (including phenoxy) is 1. The first-order chi connectivity index (χ1) is 7.19. The largest absolute Gasteiger partial charge is 0.497 e. The smallest absolute Gasteiger partial charge is 0.121 e. The molecule has 1 rings (SSSR count). The lowest BCUT2D eigenvalue weighted by Crippen LogP contribution is -1.99. The summed E-state index contributed by atoms with van der Waals surface area (Å²) in [6.45, 7) is 7.87. The lowest BCUT2D eigenvalue weighted by atomic mass is 10.1. The van der Waals surface area contributed by atoms with Crippen molar-refractivity contribution in [1.82, 2.24) is 0 Å². The number of hydrogen-bond donors (Lipinski definition) is 1. The summed E-state index contributed by atoms with van der Waals surface area (Å²) < 4.78 is 5.14. The van der Waals surface area contributed by atoms with Gasteiger partial charge in [-0.1, -0.05) is 24.8 Å². The monoisotopic (exact) mass is 203 g/mol. The molecule has 80 valence electrons. The SMILES string of the molecule is C=C(OC)c1ccccc1N/C(C)=C/C. The molecule has 0 saturated carbocycles. The van der Waals surface area contributed by atoms with Crippen LogP contribution in [0, 0.1) is 0 Å². The van der Waals surface area contributed by atoms with Gasteiger partial charge in [-0.3, -0.25) is 0 Å². The van der Waals surface area contributed by atoms with Gasteiger partial charge in [0.15, 0.2) is 0 Å². The lowest BCUT2D eigenvalue weighted by Gasteiger charge is -2.13. The first kappa shape index (κ1) is 11.4. The second-order valence-corrected chi connectivity index (χ2v) is 3.27. The second kappa shape index (κ2) is 5.25. The number of rotatable bonds is 4. The zero-order chi connectivity index (χ0) is 11.3. The van der Waals surface area contributed by atoms with E-state index in [4.69, 9.17) is 4.74 Å². The molecule has 1 N–H and O–H groups in total. The van der Waals surface area contributed by atoms with Crippen molar-refractivity contribution in [3.05, 3.63) is 48.2 Å². The maximum atomic E-state index is 5.14. The summed E-state index contributed by atoms with van der Waals surface area (Å²) >= 11 is 0. The van der Waals surface area contributed by atoms with Crippen LogP contribution >= 0.6 is 0 Å². The average Bonchev–Trinajstić information content (AvgIpc) is 2.28. The first-order valence-electron chi connectivity index (χ1n) is 4.91. The number of hydrogen-bond acceptors (Lipinski definition) is 2. The molecular weight excluding hydrogens is 186 g/mol. The van der Waals surface area contributed by atoms with Crippen LogP contribution < -0.4 is 5.32 Å². The molecule has 0 aliphatic rings. The Morgan fingerprint density at radius 3 is 2.67 bits per heavy atom. The lowest BCUT2D eigenvalue weighted by molar-refractivity contribution is 0.371. The minimum Gasteiger partial charge on any atom is -0.497 e. The van der Waals surface area contributed by atoms with Crippen molar-refractivity contribution in [3.8, 4) is 0 Å². The number of allylic oxidation sites excluding steroid dienone is 2. The number of benzene rings is 1. The third kappa shape index (κ3) is 2.88. The maximum absolute atomic E-state index is 5.14. The number of para-hydroxylation sites is 1. The van der Waals surface area contributed by atoms with Crippen molar-refractivity contribution in [3.63, 3.8) is 0 Å². The molecule has 0 heterocycles. The Kier molecular flexibility index (Phi) is 3.98. The topological polar surface area (TPSA) is 21.3 Å². The van der Waals surface area contributed by atoms with E-state index < -0.39 is 0 Å². The molecule has 2 heteroatoms. The molecule has 0 aliphatic heterocycles. The molecule has 1 aromatic rings. The van der Waals surface area contributed by atoms with E-state index in [0.29, 0.717) is 5.76 Å². The number of anilines is 1. The minimum atomic E-state index is 0.669. The third-order valence-corrected chi connectivity index (χ3v) is 2.24. The van der Waals surface area contributed by atoms with Gasteiger partial charge in [0.2, 0.25) is 0 Å². The van der Waals surface area contributed by atoms with Gasteiger partial charge in [-0.15, -0.1) is 0 Å². The van der Waals surface area contributed by atoms with E-state index in [1.807, 2.05) is 44.2 Å². The average molecular weight is 203 g/mol. The van der Waals surface area contributed by atoms with Crippen LogP contribution in [0.25, 0.3) is 5.76 Å². The van der Waals surface area contributed by atoms with Gasteiger partial charge in [-0.2, -0.15) is 0 Å². The van der Waals surface area contributed by atoms with E-state index in [1.54, 1.807) is 7.11 Å². The summed E-state index contributed by atoms with van der Waals surface area (Å²) in [7, 11) is 1.63. The Balaban J connectivity index is 3.01. The van der Waals surface area contributed by atoms with Gasteiger partial charge < -0.3 is 10.1 Å². The summed E-state index contributed by atoms with van der Waals surface area (Å²) in [5, 5.41) is 3.30. The minimum absolute atomic E-state index is 0.669. The van der Waals surface area contributed by atoms with Crippen molar-refractivity contribution < 1.29 is 4.74 Å². The quantitative estimate of drug-likeness (QED) is 0.754. The molecule has 0 spiro atoms. The molecule has 0 aliphatic carbocycles. The van der Waals surface area contributed by atoms with Crippen LogP contribution in [0.2, 0.25) is 0 Å². The fraction of sp³-hybridized carbons (Fsp3) is 0.231. The van der Waals surface area contributed by atoms with Crippen LogP contribution in [0.5, 0.6) is 0 Å². The summed E-state index contributed by atoms with van der Waals surface area (Å²) in [5.74, 6) is 0.669. The summed E-state index contributed by atoms with van der Waals surface area (Å²) in [6, 6.07) is 7.94. The first-order valence-corrected chi connectivity index (χ1v) is 4.91. The van der Waals surface area contributed by atoms with Gasteiger partial charge in [0.05, 0.1) is 7.11 Å². The highest BCUT2D eigenvalue weighted by Crippen LogP contribution is 2.23. The number of methoxy groups -OCH3 is 1. The molecule has 0 fully saturated rings. The highest BCUT2D eigenvalue weighted by atomic mass is 16.5. The second-order valence-electron chi connectivity index (χ2n) is 3.27. The molecular formula is C13H17NO. The molecule has 0 atom stereocenters. The van der Waals surface area contributed by atoms with E-state index in [-0.39, 0.29) is 0 Å². The fourth-order valence-electron chi connectivity index (χ4n) is 1.23.